The Kier molecular flexibility index (Phi) is 8.15. The van der Waals surface area contributed by atoms with Crippen molar-refractivity contribution < 1.29 is 4.79 Å². The van der Waals surface area contributed by atoms with E-state index in [1.807, 2.05) is 4.90 Å². The molecule has 1 fully saturated rings. The fourth-order valence-electron chi connectivity index (χ4n) is 3.16. The number of hydrogen-bond donors (Lipinski definition) is 1. The van der Waals surface area contributed by atoms with Crippen molar-refractivity contribution in [2.24, 2.45) is 11.7 Å². The fourth-order valence-corrected chi connectivity index (χ4v) is 3.16. The van der Waals surface area contributed by atoms with E-state index in [9.17, 15) is 4.79 Å². The number of amides is 1. The molecule has 2 N–H and O–H groups in total. The first-order chi connectivity index (χ1) is 9.62. The van der Waals surface area contributed by atoms with Crippen molar-refractivity contribution in [1.29, 1.82) is 0 Å². The molecule has 2 unspecified atom stereocenters. The Balaban J connectivity index is 2.38. The van der Waals surface area contributed by atoms with Crippen molar-refractivity contribution in [2.75, 3.05) is 32.7 Å². The van der Waals surface area contributed by atoms with Crippen LogP contribution in [0, 0.1) is 5.92 Å². The molecule has 1 aliphatic rings. The number of rotatable bonds is 8. The van der Waals surface area contributed by atoms with Gasteiger partial charge in [-0.05, 0) is 52.2 Å². The standard InChI is InChI=1S/C16H33N3O/c1-4-18(5-2)11-8-12-19(6-3)16(20)14-9-7-10-15(17)13-14/h14-15H,4-13,17H2,1-3H3. The Bertz CT molecular complexity index is 279. The van der Waals surface area contributed by atoms with Crippen LogP contribution in [0.15, 0.2) is 0 Å². The Hall–Kier alpha value is -0.610. The lowest BCUT2D eigenvalue weighted by molar-refractivity contribution is -0.136. The lowest BCUT2D eigenvalue weighted by Gasteiger charge is -2.31. The molecule has 2 atom stereocenters. The number of carbonyl (C=O) groups is 1. The van der Waals surface area contributed by atoms with E-state index in [-0.39, 0.29) is 12.0 Å². The van der Waals surface area contributed by atoms with Gasteiger partial charge in [0, 0.05) is 25.0 Å². The first-order valence-corrected chi connectivity index (χ1v) is 8.39. The smallest absolute Gasteiger partial charge is 0.225 e. The summed E-state index contributed by atoms with van der Waals surface area (Å²) in [6, 6.07) is 0.229. The monoisotopic (exact) mass is 283 g/mol. The quantitative estimate of drug-likeness (QED) is 0.742. The third-order valence-corrected chi connectivity index (χ3v) is 4.55. The summed E-state index contributed by atoms with van der Waals surface area (Å²) in [5, 5.41) is 0. The predicted octanol–water partition coefficient (Wildman–Crippen LogP) is 2.08. The maximum atomic E-state index is 12.5. The molecule has 0 aromatic carbocycles. The lowest BCUT2D eigenvalue weighted by atomic mass is 9.85. The maximum Gasteiger partial charge on any atom is 0.225 e. The second-order valence-corrected chi connectivity index (χ2v) is 5.92. The van der Waals surface area contributed by atoms with Gasteiger partial charge in [-0.15, -0.1) is 0 Å². The van der Waals surface area contributed by atoms with E-state index >= 15 is 0 Å². The molecule has 4 nitrogen and oxygen atoms in total. The van der Waals surface area contributed by atoms with Crippen molar-refractivity contribution in [3.8, 4) is 0 Å². The average Bonchev–Trinajstić information content (AvgIpc) is 2.47. The van der Waals surface area contributed by atoms with Crippen LogP contribution in [0.3, 0.4) is 0 Å². The SMILES string of the molecule is CCN(CC)CCCN(CC)C(=O)C1CCCC(N)C1. The molecule has 0 saturated heterocycles. The third-order valence-electron chi connectivity index (χ3n) is 4.55. The molecule has 0 heterocycles. The summed E-state index contributed by atoms with van der Waals surface area (Å²) in [5.74, 6) is 0.509. The van der Waals surface area contributed by atoms with E-state index in [0.29, 0.717) is 5.91 Å². The molecule has 1 rings (SSSR count). The molecule has 0 spiro atoms. The molecule has 0 bridgehead atoms. The zero-order valence-corrected chi connectivity index (χ0v) is 13.6. The van der Waals surface area contributed by atoms with Crippen LogP contribution in [0.2, 0.25) is 0 Å². The van der Waals surface area contributed by atoms with Gasteiger partial charge in [0.2, 0.25) is 5.91 Å². The molecular formula is C16H33N3O. The van der Waals surface area contributed by atoms with E-state index in [1.54, 1.807) is 0 Å². The van der Waals surface area contributed by atoms with E-state index in [4.69, 9.17) is 5.73 Å². The van der Waals surface area contributed by atoms with E-state index < -0.39 is 0 Å². The van der Waals surface area contributed by atoms with Crippen LogP contribution >= 0.6 is 0 Å². The van der Waals surface area contributed by atoms with E-state index in [1.165, 1.54) is 0 Å². The maximum absolute atomic E-state index is 12.5. The molecule has 1 aliphatic carbocycles. The highest BCUT2D eigenvalue weighted by molar-refractivity contribution is 5.79. The molecule has 118 valence electrons. The summed E-state index contributed by atoms with van der Waals surface area (Å²) < 4.78 is 0. The minimum absolute atomic E-state index is 0.173. The van der Waals surface area contributed by atoms with Gasteiger partial charge in [0.05, 0.1) is 0 Å². The summed E-state index contributed by atoms with van der Waals surface area (Å²) in [5.41, 5.74) is 6.00. The van der Waals surface area contributed by atoms with E-state index in [2.05, 4.69) is 25.7 Å². The second-order valence-electron chi connectivity index (χ2n) is 5.92. The van der Waals surface area contributed by atoms with Crippen molar-refractivity contribution >= 4 is 5.91 Å². The highest BCUT2D eigenvalue weighted by Crippen LogP contribution is 2.25. The van der Waals surface area contributed by atoms with Gasteiger partial charge in [-0.2, -0.15) is 0 Å². The average molecular weight is 283 g/mol. The second kappa shape index (κ2) is 9.35. The summed E-state index contributed by atoms with van der Waals surface area (Å²) in [6.07, 6.45) is 5.16. The van der Waals surface area contributed by atoms with E-state index in [0.717, 1.165) is 64.8 Å². The summed E-state index contributed by atoms with van der Waals surface area (Å²) in [6.45, 7) is 11.4. The molecule has 0 radical (unpaired) electrons. The Morgan fingerprint density at radius 2 is 1.80 bits per heavy atom. The Morgan fingerprint density at radius 3 is 2.35 bits per heavy atom. The molecule has 4 heteroatoms. The normalized spacial score (nSPS) is 23.1. The molecule has 1 saturated carbocycles. The number of nitrogens with two attached hydrogens (primary N) is 1. The molecular weight excluding hydrogens is 250 g/mol. The molecule has 0 aromatic heterocycles. The fraction of sp³-hybridized carbons (Fsp3) is 0.938. The molecule has 0 aliphatic heterocycles. The van der Waals surface area contributed by atoms with Crippen LogP contribution in [0.1, 0.15) is 52.9 Å². The van der Waals surface area contributed by atoms with Gasteiger partial charge in [0.15, 0.2) is 0 Å². The lowest BCUT2D eigenvalue weighted by Crippen LogP contribution is -2.41. The van der Waals surface area contributed by atoms with Crippen molar-refractivity contribution in [3.63, 3.8) is 0 Å². The minimum atomic E-state index is 0.173. The van der Waals surface area contributed by atoms with Crippen LogP contribution in [-0.4, -0.2) is 54.5 Å². The number of nitrogens with zero attached hydrogens (tertiary/aromatic N) is 2. The van der Waals surface area contributed by atoms with Crippen LogP contribution in [0.5, 0.6) is 0 Å². The number of hydrogen-bond acceptors (Lipinski definition) is 3. The predicted molar refractivity (Wildman–Crippen MR) is 84.6 cm³/mol. The zero-order chi connectivity index (χ0) is 15.0. The topological polar surface area (TPSA) is 49.6 Å². The molecule has 0 aromatic rings. The van der Waals surface area contributed by atoms with Gasteiger partial charge in [-0.1, -0.05) is 20.3 Å². The van der Waals surface area contributed by atoms with Crippen molar-refractivity contribution in [3.05, 3.63) is 0 Å². The Labute approximate surface area is 124 Å². The van der Waals surface area contributed by atoms with Crippen LogP contribution in [0.4, 0.5) is 0 Å². The third kappa shape index (κ3) is 5.41. The molecule has 1 amide bonds. The van der Waals surface area contributed by atoms with Crippen LogP contribution in [0.25, 0.3) is 0 Å². The van der Waals surface area contributed by atoms with Gasteiger partial charge in [0.1, 0.15) is 0 Å². The minimum Gasteiger partial charge on any atom is -0.343 e. The van der Waals surface area contributed by atoms with Gasteiger partial charge >= 0.3 is 0 Å². The van der Waals surface area contributed by atoms with Gasteiger partial charge in [-0.3, -0.25) is 4.79 Å². The van der Waals surface area contributed by atoms with Crippen molar-refractivity contribution in [2.45, 2.75) is 58.9 Å². The highest BCUT2D eigenvalue weighted by atomic mass is 16.2. The summed E-state index contributed by atoms with van der Waals surface area (Å²) in [4.78, 5) is 17.0. The van der Waals surface area contributed by atoms with Gasteiger partial charge in [0.25, 0.3) is 0 Å². The number of carbonyl (C=O) groups excluding carboxylic acids is 1. The van der Waals surface area contributed by atoms with Gasteiger partial charge in [-0.25, -0.2) is 0 Å². The molecule has 20 heavy (non-hydrogen) atoms. The van der Waals surface area contributed by atoms with Crippen LogP contribution < -0.4 is 5.73 Å². The van der Waals surface area contributed by atoms with Crippen molar-refractivity contribution in [1.82, 2.24) is 9.80 Å². The summed E-state index contributed by atoms with van der Waals surface area (Å²) in [7, 11) is 0. The highest BCUT2D eigenvalue weighted by Gasteiger charge is 2.28. The first kappa shape index (κ1) is 17.4. The van der Waals surface area contributed by atoms with Crippen LogP contribution in [-0.2, 0) is 4.79 Å². The van der Waals surface area contributed by atoms with Gasteiger partial charge < -0.3 is 15.5 Å². The first-order valence-electron chi connectivity index (χ1n) is 8.39. The Morgan fingerprint density at radius 1 is 1.10 bits per heavy atom. The largest absolute Gasteiger partial charge is 0.343 e. The summed E-state index contributed by atoms with van der Waals surface area (Å²) >= 11 is 0. The zero-order valence-electron chi connectivity index (χ0n) is 13.6.